The quantitative estimate of drug-likeness (QED) is 0.283. The van der Waals surface area contributed by atoms with Gasteiger partial charge in [-0.3, -0.25) is 14.6 Å². The van der Waals surface area contributed by atoms with Gasteiger partial charge in [0.25, 0.3) is 5.91 Å². The average molecular weight is 646 g/mol. The molecule has 2 bridgehead atoms. The van der Waals surface area contributed by atoms with Crippen LogP contribution in [0.3, 0.4) is 0 Å². The summed E-state index contributed by atoms with van der Waals surface area (Å²) < 4.78 is 68.2. The third-order valence-electron chi connectivity index (χ3n) is 8.90. The predicted octanol–water partition coefficient (Wildman–Crippen LogP) is 6.29. The number of alkyl halides is 4. The van der Waals surface area contributed by atoms with Crippen molar-refractivity contribution in [1.82, 2.24) is 9.88 Å². The van der Waals surface area contributed by atoms with Crippen molar-refractivity contribution in [2.45, 2.75) is 101 Å². The fourth-order valence-electron chi connectivity index (χ4n) is 6.75. The number of carbonyl (C=O) groups excluding carboxylic acids is 2. The molecule has 3 aliphatic heterocycles. The SMILES string of the molecule is CC(C)(C)OC(=O)N1C2CCC1C(F)C(Oc1ccc(N3C(=S)N(c4cnc(C#N)c(C(F)(F)F)c4)C(=O)C34CCC4)cc1)C2. The number of thiocarbonyl (C=S) groups is 1. The number of pyridine rings is 1. The van der Waals surface area contributed by atoms with E-state index in [9.17, 15) is 22.8 Å². The number of hydrogen-bond donors (Lipinski definition) is 0. The Kier molecular flexibility index (Phi) is 7.46. The number of benzene rings is 1. The van der Waals surface area contributed by atoms with E-state index in [2.05, 4.69) is 4.98 Å². The van der Waals surface area contributed by atoms with E-state index in [1.54, 1.807) is 49.9 Å². The summed E-state index contributed by atoms with van der Waals surface area (Å²) in [5.74, 6) is -0.0789. The van der Waals surface area contributed by atoms with Gasteiger partial charge in [-0.25, -0.2) is 14.2 Å². The van der Waals surface area contributed by atoms with Gasteiger partial charge in [0, 0.05) is 18.2 Å². The number of hydrogen-bond acceptors (Lipinski definition) is 7. The van der Waals surface area contributed by atoms with Crippen molar-refractivity contribution in [3.05, 3.63) is 47.8 Å². The van der Waals surface area contributed by atoms with Gasteiger partial charge in [0.05, 0.1) is 23.5 Å². The normalized spacial score (nSPS) is 25.8. The summed E-state index contributed by atoms with van der Waals surface area (Å²) in [6, 6.07) is 7.94. The number of nitriles is 1. The third kappa shape index (κ3) is 5.24. The Morgan fingerprint density at radius 3 is 2.40 bits per heavy atom. The summed E-state index contributed by atoms with van der Waals surface area (Å²) in [6.07, 6.45) is -3.45. The number of piperidine rings is 1. The second-order valence-corrected chi connectivity index (χ2v) is 13.2. The Morgan fingerprint density at radius 1 is 1.13 bits per heavy atom. The number of nitrogens with zero attached hydrogens (tertiary/aromatic N) is 5. The molecular formula is C31H31F4N5O4S. The zero-order valence-electron chi connectivity index (χ0n) is 24.8. The van der Waals surface area contributed by atoms with E-state index in [1.165, 1.54) is 11.0 Å². The minimum atomic E-state index is -4.85. The minimum absolute atomic E-state index is 0.0112. The predicted molar refractivity (Wildman–Crippen MR) is 158 cm³/mol. The molecule has 2 aromatic rings. The maximum atomic E-state index is 15.7. The highest BCUT2D eigenvalue weighted by molar-refractivity contribution is 7.81. The number of halogens is 4. The summed E-state index contributed by atoms with van der Waals surface area (Å²) in [7, 11) is 0. The second-order valence-electron chi connectivity index (χ2n) is 12.9. The Balaban J connectivity index is 1.21. The van der Waals surface area contributed by atoms with E-state index < -0.39 is 58.9 Å². The lowest BCUT2D eigenvalue weighted by molar-refractivity contribution is -0.138. The van der Waals surface area contributed by atoms with Crippen LogP contribution in [-0.4, -0.2) is 62.5 Å². The number of carbonyl (C=O) groups is 2. The molecule has 45 heavy (non-hydrogen) atoms. The molecule has 3 saturated heterocycles. The van der Waals surface area contributed by atoms with E-state index in [0.29, 0.717) is 43.5 Å². The Bertz CT molecular complexity index is 1580. The minimum Gasteiger partial charge on any atom is -0.487 e. The van der Waals surface area contributed by atoms with Crippen molar-refractivity contribution in [3.63, 3.8) is 0 Å². The van der Waals surface area contributed by atoms with Crippen LogP contribution in [0.4, 0.5) is 33.7 Å². The van der Waals surface area contributed by atoms with Crippen molar-refractivity contribution in [1.29, 1.82) is 5.26 Å². The van der Waals surface area contributed by atoms with E-state index >= 15 is 4.39 Å². The topological polar surface area (TPSA) is 99.0 Å². The molecule has 4 atom stereocenters. The molecule has 0 N–H and O–H groups in total. The van der Waals surface area contributed by atoms with Gasteiger partial charge in [0.2, 0.25) is 0 Å². The molecule has 238 valence electrons. The van der Waals surface area contributed by atoms with E-state index in [-0.39, 0.29) is 16.8 Å². The van der Waals surface area contributed by atoms with Gasteiger partial charge in [-0.15, -0.1) is 0 Å². The molecule has 6 rings (SSSR count). The Labute approximate surface area is 262 Å². The molecule has 4 fully saturated rings. The van der Waals surface area contributed by atoms with Gasteiger partial charge in [-0.2, -0.15) is 18.4 Å². The molecule has 4 aliphatic rings. The molecule has 4 heterocycles. The average Bonchev–Trinajstić information content (AvgIpc) is 3.41. The molecule has 1 aliphatic carbocycles. The third-order valence-corrected chi connectivity index (χ3v) is 9.26. The summed E-state index contributed by atoms with van der Waals surface area (Å²) in [4.78, 5) is 34.3. The van der Waals surface area contributed by atoms with Gasteiger partial charge in [0.15, 0.2) is 17.0 Å². The first-order valence-corrected chi connectivity index (χ1v) is 15.1. The summed E-state index contributed by atoms with van der Waals surface area (Å²) in [5, 5.41) is 9.11. The van der Waals surface area contributed by atoms with Gasteiger partial charge < -0.3 is 14.4 Å². The zero-order valence-corrected chi connectivity index (χ0v) is 25.6. The lowest BCUT2D eigenvalue weighted by Crippen LogP contribution is -2.57. The fourth-order valence-corrected chi connectivity index (χ4v) is 7.22. The lowest BCUT2D eigenvalue weighted by Gasteiger charge is -2.43. The highest BCUT2D eigenvalue weighted by Crippen LogP contribution is 2.48. The Morgan fingerprint density at radius 2 is 1.82 bits per heavy atom. The first-order valence-electron chi connectivity index (χ1n) is 14.7. The van der Waals surface area contributed by atoms with Gasteiger partial charge in [-0.05, 0) is 95.4 Å². The number of anilines is 2. The smallest absolute Gasteiger partial charge is 0.419 e. The van der Waals surface area contributed by atoms with Crippen LogP contribution in [0, 0.1) is 11.3 Å². The number of amides is 2. The molecule has 1 saturated carbocycles. The number of aromatic nitrogens is 1. The second kappa shape index (κ2) is 10.8. The van der Waals surface area contributed by atoms with Gasteiger partial charge in [-0.1, -0.05) is 0 Å². The van der Waals surface area contributed by atoms with Crippen molar-refractivity contribution in [3.8, 4) is 11.8 Å². The number of rotatable bonds is 4. The molecule has 9 nitrogen and oxygen atoms in total. The van der Waals surface area contributed by atoms with Crippen molar-refractivity contribution >= 4 is 40.7 Å². The van der Waals surface area contributed by atoms with E-state index in [0.717, 1.165) is 23.6 Å². The van der Waals surface area contributed by atoms with Crippen LogP contribution in [0.15, 0.2) is 36.5 Å². The molecule has 2 amide bonds. The van der Waals surface area contributed by atoms with Crippen molar-refractivity contribution < 1.29 is 36.6 Å². The van der Waals surface area contributed by atoms with Gasteiger partial charge in [0.1, 0.15) is 29.1 Å². The van der Waals surface area contributed by atoms with E-state index in [4.69, 9.17) is 27.0 Å². The number of fused-ring (bicyclic) bond motifs is 2. The number of ether oxygens (including phenoxy) is 2. The zero-order chi connectivity index (χ0) is 32.5. The summed E-state index contributed by atoms with van der Waals surface area (Å²) >= 11 is 5.66. The molecule has 1 aromatic heterocycles. The highest BCUT2D eigenvalue weighted by Gasteiger charge is 2.60. The van der Waals surface area contributed by atoms with Crippen LogP contribution in [0.2, 0.25) is 0 Å². The maximum absolute atomic E-state index is 15.7. The van der Waals surface area contributed by atoms with Crippen molar-refractivity contribution in [2.75, 3.05) is 9.80 Å². The largest absolute Gasteiger partial charge is 0.487 e. The highest BCUT2D eigenvalue weighted by atomic mass is 32.1. The van der Waals surface area contributed by atoms with Gasteiger partial charge >= 0.3 is 12.3 Å². The van der Waals surface area contributed by atoms with Crippen LogP contribution in [0.25, 0.3) is 0 Å². The lowest BCUT2D eigenvalue weighted by atomic mass is 9.75. The molecule has 14 heteroatoms. The van der Waals surface area contributed by atoms with Crippen LogP contribution in [0.1, 0.15) is 70.6 Å². The van der Waals surface area contributed by atoms with Crippen LogP contribution in [0.5, 0.6) is 5.75 Å². The Hall–Kier alpha value is -3.99. The first-order chi connectivity index (χ1) is 21.1. The monoisotopic (exact) mass is 645 g/mol. The van der Waals surface area contributed by atoms with Crippen molar-refractivity contribution in [2.24, 2.45) is 0 Å². The summed E-state index contributed by atoms with van der Waals surface area (Å²) in [5.41, 5.74) is -3.46. The van der Waals surface area contributed by atoms with Crippen LogP contribution in [-0.2, 0) is 15.7 Å². The standard InChI is InChI=1S/C31H31F4N5O4S/c1-29(2,3)44-28(42)38-18-7-10-23(38)25(32)24(14-18)43-20-8-5-17(6-9-20)40-27(45)39(26(41)30(40)11-4-12-30)19-13-21(31(33,34)35)22(15-36)37-16-19/h5-6,8-9,13,16,18,23-25H,4,7,10-12,14H2,1-3H3. The van der Waals surface area contributed by atoms with Crippen LogP contribution >= 0.6 is 12.2 Å². The van der Waals surface area contributed by atoms with E-state index in [1.807, 2.05) is 0 Å². The fraction of sp³-hybridized carbons (Fsp3) is 0.516. The van der Waals surface area contributed by atoms with Crippen LogP contribution < -0.4 is 14.5 Å². The molecule has 0 radical (unpaired) electrons. The summed E-state index contributed by atoms with van der Waals surface area (Å²) in [6.45, 7) is 5.30. The molecule has 1 aromatic carbocycles. The first kappa shape index (κ1) is 31.0. The molecule has 1 spiro atoms. The molecular weight excluding hydrogens is 614 g/mol. The molecule has 4 unspecified atom stereocenters. The maximum Gasteiger partial charge on any atom is 0.419 e.